The summed E-state index contributed by atoms with van der Waals surface area (Å²) in [6.07, 6.45) is 4.89. The fraction of sp³-hybridized carbons (Fsp3) is 0.583. The summed E-state index contributed by atoms with van der Waals surface area (Å²) in [7, 11) is -3.86. The monoisotopic (exact) mass is 350 g/mol. The van der Waals surface area contributed by atoms with E-state index in [1.54, 1.807) is 0 Å². The molecule has 1 unspecified atom stereocenters. The maximum Gasteiger partial charge on any atom is 0.263 e. The van der Waals surface area contributed by atoms with Gasteiger partial charge in [-0.2, -0.15) is 4.31 Å². The van der Waals surface area contributed by atoms with E-state index in [0.717, 1.165) is 31.7 Å². The Balaban J connectivity index is 2.39. The minimum Gasteiger partial charge on any atom is -0.241 e. The first-order valence-corrected chi connectivity index (χ1v) is 8.82. The second-order valence-electron chi connectivity index (χ2n) is 4.56. The van der Waals surface area contributed by atoms with E-state index >= 15 is 0 Å². The summed E-state index contributed by atoms with van der Waals surface area (Å²) in [5.41, 5.74) is 0. The standard InChI is InChI=1S/C12H16BrFN2O2S/c13-9-10-5-2-1-3-8-16(10)19(17,18)12-11(14)6-4-7-15-12/h4,6-7,10H,1-3,5,8-9H2. The molecule has 0 saturated carbocycles. The Kier molecular flexibility index (Phi) is 4.92. The lowest BCUT2D eigenvalue weighted by Crippen LogP contribution is -2.41. The molecule has 0 radical (unpaired) electrons. The largest absolute Gasteiger partial charge is 0.263 e. The van der Waals surface area contributed by atoms with Gasteiger partial charge in [-0.05, 0) is 25.0 Å². The number of alkyl halides is 1. The second kappa shape index (κ2) is 6.28. The van der Waals surface area contributed by atoms with Crippen molar-refractivity contribution in [3.8, 4) is 0 Å². The molecule has 2 heterocycles. The van der Waals surface area contributed by atoms with Crippen LogP contribution in [0.5, 0.6) is 0 Å². The van der Waals surface area contributed by atoms with Crippen LogP contribution in [0, 0.1) is 5.82 Å². The first-order chi connectivity index (χ1) is 9.07. The van der Waals surface area contributed by atoms with Gasteiger partial charge in [-0.1, -0.05) is 28.8 Å². The highest BCUT2D eigenvalue weighted by atomic mass is 79.9. The van der Waals surface area contributed by atoms with Crippen molar-refractivity contribution < 1.29 is 12.8 Å². The molecule has 2 rings (SSSR count). The molecule has 1 aliphatic rings. The van der Waals surface area contributed by atoms with E-state index in [9.17, 15) is 12.8 Å². The van der Waals surface area contributed by atoms with E-state index in [2.05, 4.69) is 20.9 Å². The van der Waals surface area contributed by atoms with Crippen molar-refractivity contribution in [3.63, 3.8) is 0 Å². The molecule has 1 aliphatic heterocycles. The summed E-state index contributed by atoms with van der Waals surface area (Å²) in [4.78, 5) is 3.70. The van der Waals surface area contributed by atoms with Gasteiger partial charge >= 0.3 is 0 Å². The Morgan fingerprint density at radius 3 is 2.89 bits per heavy atom. The van der Waals surface area contributed by atoms with Gasteiger partial charge in [-0.15, -0.1) is 0 Å². The van der Waals surface area contributed by atoms with Gasteiger partial charge in [0.05, 0.1) is 0 Å². The first-order valence-electron chi connectivity index (χ1n) is 6.25. The van der Waals surface area contributed by atoms with Gasteiger partial charge in [0.1, 0.15) is 0 Å². The normalized spacial score (nSPS) is 22.1. The number of nitrogens with zero attached hydrogens (tertiary/aromatic N) is 2. The Bertz CT molecular complexity index is 538. The number of halogens is 2. The minimum absolute atomic E-state index is 0.131. The molecule has 0 aromatic carbocycles. The Morgan fingerprint density at radius 2 is 2.21 bits per heavy atom. The highest BCUT2D eigenvalue weighted by molar-refractivity contribution is 9.09. The molecule has 106 valence electrons. The van der Waals surface area contributed by atoms with Crippen LogP contribution in [-0.4, -0.2) is 35.6 Å². The van der Waals surface area contributed by atoms with Gasteiger partial charge in [0, 0.05) is 24.1 Å². The van der Waals surface area contributed by atoms with Gasteiger partial charge in [0.15, 0.2) is 5.82 Å². The van der Waals surface area contributed by atoms with Crippen molar-refractivity contribution in [2.45, 2.75) is 36.8 Å². The lowest BCUT2D eigenvalue weighted by Gasteiger charge is -2.27. The smallest absolute Gasteiger partial charge is 0.241 e. The van der Waals surface area contributed by atoms with Gasteiger partial charge < -0.3 is 0 Å². The Morgan fingerprint density at radius 1 is 1.42 bits per heavy atom. The van der Waals surface area contributed by atoms with E-state index in [-0.39, 0.29) is 6.04 Å². The Labute approximate surface area is 121 Å². The minimum atomic E-state index is -3.86. The molecular weight excluding hydrogens is 335 g/mol. The van der Waals surface area contributed by atoms with Crippen LogP contribution < -0.4 is 0 Å². The maximum absolute atomic E-state index is 13.7. The summed E-state index contributed by atoms with van der Waals surface area (Å²) in [5, 5.41) is 0.0866. The van der Waals surface area contributed by atoms with Gasteiger partial charge in [0.2, 0.25) is 5.03 Å². The van der Waals surface area contributed by atoms with Crippen LogP contribution in [0.4, 0.5) is 4.39 Å². The molecule has 0 amide bonds. The van der Waals surface area contributed by atoms with Crippen LogP contribution in [0.3, 0.4) is 0 Å². The second-order valence-corrected chi connectivity index (χ2v) is 7.02. The summed E-state index contributed by atoms with van der Waals surface area (Å²) in [5.74, 6) is -0.792. The first kappa shape index (κ1) is 14.9. The van der Waals surface area contributed by atoms with Crippen LogP contribution in [0.25, 0.3) is 0 Å². The van der Waals surface area contributed by atoms with Crippen molar-refractivity contribution in [1.82, 2.24) is 9.29 Å². The quantitative estimate of drug-likeness (QED) is 0.787. The van der Waals surface area contributed by atoms with E-state index in [1.807, 2.05) is 0 Å². The number of rotatable bonds is 3. The predicted octanol–water partition coefficient (Wildman–Crippen LogP) is 2.55. The fourth-order valence-corrected chi connectivity index (χ4v) is 4.83. The summed E-state index contributed by atoms with van der Waals surface area (Å²) in [6.45, 7) is 0.425. The lowest BCUT2D eigenvalue weighted by molar-refractivity contribution is 0.344. The zero-order valence-corrected chi connectivity index (χ0v) is 12.8. The molecule has 4 nitrogen and oxygen atoms in total. The van der Waals surface area contributed by atoms with Crippen LogP contribution >= 0.6 is 15.9 Å². The van der Waals surface area contributed by atoms with Crippen molar-refractivity contribution in [2.24, 2.45) is 0 Å². The van der Waals surface area contributed by atoms with Gasteiger partial charge in [0.25, 0.3) is 10.0 Å². The van der Waals surface area contributed by atoms with E-state index < -0.39 is 20.9 Å². The predicted molar refractivity (Wildman–Crippen MR) is 74.1 cm³/mol. The third kappa shape index (κ3) is 3.14. The Hall–Kier alpha value is -0.530. The number of hydrogen-bond donors (Lipinski definition) is 0. The average molecular weight is 351 g/mol. The van der Waals surface area contributed by atoms with Crippen LogP contribution in [-0.2, 0) is 10.0 Å². The molecule has 1 aromatic rings. The SMILES string of the molecule is O=S(=O)(c1ncccc1F)N1CCCCCC1CBr. The highest BCUT2D eigenvalue weighted by Gasteiger charge is 2.34. The molecule has 0 N–H and O–H groups in total. The molecule has 1 fully saturated rings. The molecule has 1 atom stereocenters. The van der Waals surface area contributed by atoms with Crippen LogP contribution in [0.1, 0.15) is 25.7 Å². The summed E-state index contributed by atoms with van der Waals surface area (Å²) in [6, 6.07) is 2.38. The lowest BCUT2D eigenvalue weighted by atomic mass is 10.1. The average Bonchev–Trinajstić information content (AvgIpc) is 2.64. The molecule has 1 saturated heterocycles. The molecule has 0 bridgehead atoms. The topological polar surface area (TPSA) is 50.3 Å². The zero-order valence-electron chi connectivity index (χ0n) is 10.4. The van der Waals surface area contributed by atoms with Crippen LogP contribution in [0.2, 0.25) is 0 Å². The molecular formula is C12H16BrFN2O2S. The van der Waals surface area contributed by atoms with E-state index in [0.29, 0.717) is 11.9 Å². The van der Waals surface area contributed by atoms with Gasteiger partial charge in [-0.3, -0.25) is 0 Å². The maximum atomic E-state index is 13.7. The van der Waals surface area contributed by atoms with Crippen molar-refractivity contribution >= 4 is 26.0 Å². The summed E-state index contributed by atoms with van der Waals surface area (Å²) >= 11 is 3.35. The number of hydrogen-bond acceptors (Lipinski definition) is 3. The zero-order chi connectivity index (χ0) is 13.9. The van der Waals surface area contributed by atoms with Crippen molar-refractivity contribution in [3.05, 3.63) is 24.1 Å². The number of sulfonamides is 1. The molecule has 0 spiro atoms. The van der Waals surface area contributed by atoms with Gasteiger partial charge in [-0.25, -0.2) is 17.8 Å². The number of pyridine rings is 1. The highest BCUT2D eigenvalue weighted by Crippen LogP contribution is 2.25. The molecule has 19 heavy (non-hydrogen) atoms. The van der Waals surface area contributed by atoms with E-state index in [4.69, 9.17) is 0 Å². The molecule has 7 heteroatoms. The van der Waals surface area contributed by atoms with E-state index in [1.165, 1.54) is 16.6 Å². The molecule has 1 aromatic heterocycles. The molecule has 0 aliphatic carbocycles. The third-order valence-corrected chi connectivity index (χ3v) is 5.91. The van der Waals surface area contributed by atoms with Crippen molar-refractivity contribution in [2.75, 3.05) is 11.9 Å². The van der Waals surface area contributed by atoms with Crippen molar-refractivity contribution in [1.29, 1.82) is 0 Å². The van der Waals surface area contributed by atoms with Crippen LogP contribution in [0.15, 0.2) is 23.4 Å². The summed E-state index contributed by atoms with van der Waals surface area (Å²) < 4.78 is 40.1. The third-order valence-electron chi connectivity index (χ3n) is 3.28. The number of aromatic nitrogens is 1. The fourth-order valence-electron chi connectivity index (χ4n) is 2.29.